The molecule has 7 heteroatoms. The lowest BCUT2D eigenvalue weighted by atomic mass is 10.2. The zero-order valence-electron chi connectivity index (χ0n) is 11.1. The van der Waals surface area contributed by atoms with Crippen molar-refractivity contribution < 1.29 is 17.9 Å². The Bertz CT molecular complexity index is 583. The third-order valence-corrected chi connectivity index (χ3v) is 4.47. The zero-order chi connectivity index (χ0) is 15.5. The van der Waals surface area contributed by atoms with Crippen molar-refractivity contribution >= 4 is 33.0 Å². The largest absolute Gasteiger partial charge is 0.484 e. The maximum Gasteiger partial charge on any atom is 0.422 e. The molecule has 1 N–H and O–H groups in total. The predicted octanol–water partition coefficient (Wildman–Crippen LogP) is 5.62. The van der Waals surface area contributed by atoms with Gasteiger partial charge in [-0.15, -0.1) is 11.3 Å². The minimum Gasteiger partial charge on any atom is -0.484 e. The molecule has 0 aliphatic heterocycles. The molecule has 0 saturated carbocycles. The molecule has 0 amide bonds. The van der Waals surface area contributed by atoms with Gasteiger partial charge < -0.3 is 10.1 Å². The Hall–Kier alpha value is -1.21. The number of halogens is 4. The first-order chi connectivity index (χ1) is 9.83. The second-order valence-electron chi connectivity index (χ2n) is 4.44. The van der Waals surface area contributed by atoms with Gasteiger partial charge in [-0.3, -0.25) is 0 Å². The lowest BCUT2D eigenvalue weighted by molar-refractivity contribution is -0.153. The van der Waals surface area contributed by atoms with Gasteiger partial charge in [0, 0.05) is 10.6 Å². The fraction of sp³-hybridized carbons (Fsp3) is 0.286. The molecular weight excluding hydrogens is 367 g/mol. The average molecular weight is 380 g/mol. The Morgan fingerprint density at radius 2 is 1.86 bits per heavy atom. The van der Waals surface area contributed by atoms with Crippen molar-refractivity contribution in [2.24, 2.45) is 0 Å². The number of thiophene rings is 1. The van der Waals surface area contributed by atoms with Gasteiger partial charge in [0.1, 0.15) is 5.75 Å². The molecule has 0 bridgehead atoms. The van der Waals surface area contributed by atoms with E-state index in [1.807, 2.05) is 19.1 Å². The fourth-order valence-electron chi connectivity index (χ4n) is 1.69. The summed E-state index contributed by atoms with van der Waals surface area (Å²) in [5.74, 6) is 0.199. The normalized spacial score (nSPS) is 13.0. The summed E-state index contributed by atoms with van der Waals surface area (Å²) in [7, 11) is 0. The molecule has 0 saturated heterocycles. The Kier molecular flexibility index (Phi) is 5.16. The van der Waals surface area contributed by atoms with Crippen LogP contribution in [0.3, 0.4) is 0 Å². The number of alkyl halides is 3. The molecule has 0 aliphatic carbocycles. The van der Waals surface area contributed by atoms with Crippen molar-refractivity contribution in [3.8, 4) is 5.75 Å². The van der Waals surface area contributed by atoms with Gasteiger partial charge in [0.2, 0.25) is 0 Å². The van der Waals surface area contributed by atoms with E-state index in [1.165, 1.54) is 17.0 Å². The summed E-state index contributed by atoms with van der Waals surface area (Å²) in [4.78, 5) is 1.17. The minimum atomic E-state index is -4.32. The highest BCUT2D eigenvalue weighted by Crippen LogP contribution is 2.29. The van der Waals surface area contributed by atoms with Crippen molar-refractivity contribution in [1.82, 2.24) is 0 Å². The fourth-order valence-corrected chi connectivity index (χ4v) is 3.12. The van der Waals surface area contributed by atoms with E-state index in [0.717, 1.165) is 9.47 Å². The maximum atomic E-state index is 12.0. The zero-order valence-corrected chi connectivity index (χ0v) is 13.5. The molecule has 1 atom stereocenters. The molecule has 0 spiro atoms. The molecule has 0 aliphatic rings. The van der Waals surface area contributed by atoms with Crippen LogP contribution >= 0.6 is 27.3 Å². The van der Waals surface area contributed by atoms with Crippen LogP contribution in [0.2, 0.25) is 0 Å². The van der Waals surface area contributed by atoms with Crippen molar-refractivity contribution in [3.63, 3.8) is 0 Å². The summed E-state index contributed by atoms with van der Waals surface area (Å²) >= 11 is 5.04. The highest BCUT2D eigenvalue weighted by molar-refractivity contribution is 9.11. The quantitative estimate of drug-likeness (QED) is 0.727. The first-order valence-corrected chi connectivity index (χ1v) is 7.76. The summed E-state index contributed by atoms with van der Waals surface area (Å²) in [5, 5.41) is 3.28. The molecule has 1 unspecified atom stereocenters. The van der Waals surface area contributed by atoms with E-state index >= 15 is 0 Å². The first kappa shape index (κ1) is 16.2. The smallest absolute Gasteiger partial charge is 0.422 e. The molecule has 1 aromatic heterocycles. The van der Waals surface area contributed by atoms with Gasteiger partial charge in [-0.25, -0.2) is 0 Å². The van der Waals surface area contributed by atoms with Crippen LogP contribution in [0.4, 0.5) is 18.9 Å². The number of hydrogen-bond donors (Lipinski definition) is 1. The van der Waals surface area contributed by atoms with Crippen LogP contribution in [-0.2, 0) is 0 Å². The second-order valence-corrected chi connectivity index (χ2v) is 6.93. The Morgan fingerprint density at radius 1 is 1.19 bits per heavy atom. The molecular formula is C14H13BrF3NOS. The van der Waals surface area contributed by atoms with Crippen LogP contribution in [0.25, 0.3) is 0 Å². The molecule has 1 aromatic carbocycles. The van der Waals surface area contributed by atoms with Gasteiger partial charge in [0.05, 0.1) is 9.83 Å². The standard InChI is InChI=1S/C14H13BrF3NOS/c1-9(12-6-7-13(15)21-12)19-10-2-4-11(5-3-10)20-8-14(16,17)18/h2-7,9,19H,8H2,1H3. The molecule has 0 radical (unpaired) electrons. The van der Waals surface area contributed by atoms with E-state index in [2.05, 4.69) is 26.0 Å². The van der Waals surface area contributed by atoms with Gasteiger partial charge in [-0.05, 0) is 59.3 Å². The summed E-state index contributed by atoms with van der Waals surface area (Å²) in [6.45, 7) is 0.742. The summed E-state index contributed by atoms with van der Waals surface area (Å²) in [6.07, 6.45) is -4.32. The van der Waals surface area contributed by atoms with Crippen molar-refractivity contribution in [2.45, 2.75) is 19.1 Å². The number of rotatable bonds is 5. The molecule has 2 aromatic rings. The lowest BCUT2D eigenvalue weighted by Crippen LogP contribution is -2.19. The van der Waals surface area contributed by atoms with Crippen LogP contribution in [0.15, 0.2) is 40.2 Å². The highest BCUT2D eigenvalue weighted by Gasteiger charge is 2.28. The summed E-state index contributed by atoms with van der Waals surface area (Å²) < 4.78 is 41.8. The molecule has 21 heavy (non-hydrogen) atoms. The second kappa shape index (κ2) is 6.70. The first-order valence-electron chi connectivity index (χ1n) is 6.15. The highest BCUT2D eigenvalue weighted by atomic mass is 79.9. The van der Waals surface area contributed by atoms with Gasteiger partial charge in [-0.1, -0.05) is 0 Å². The molecule has 114 valence electrons. The third kappa shape index (κ3) is 5.24. The van der Waals surface area contributed by atoms with Gasteiger partial charge in [-0.2, -0.15) is 13.2 Å². The SMILES string of the molecule is CC(Nc1ccc(OCC(F)(F)F)cc1)c1ccc(Br)s1. The minimum absolute atomic E-state index is 0.114. The van der Waals surface area contributed by atoms with E-state index in [0.29, 0.717) is 0 Å². The molecule has 1 heterocycles. The van der Waals surface area contributed by atoms with Crippen molar-refractivity contribution in [3.05, 3.63) is 45.1 Å². The van der Waals surface area contributed by atoms with Crippen LogP contribution < -0.4 is 10.1 Å². The van der Waals surface area contributed by atoms with Crippen LogP contribution in [0.5, 0.6) is 5.75 Å². The van der Waals surface area contributed by atoms with Crippen LogP contribution in [-0.4, -0.2) is 12.8 Å². The number of anilines is 1. The number of benzene rings is 1. The van der Waals surface area contributed by atoms with Gasteiger partial charge >= 0.3 is 6.18 Å². The number of hydrogen-bond acceptors (Lipinski definition) is 3. The monoisotopic (exact) mass is 379 g/mol. The number of nitrogens with one attached hydrogen (secondary N) is 1. The topological polar surface area (TPSA) is 21.3 Å². The van der Waals surface area contributed by atoms with E-state index in [9.17, 15) is 13.2 Å². The maximum absolute atomic E-state index is 12.0. The Labute approximate surface area is 133 Å². The van der Waals surface area contributed by atoms with Crippen molar-refractivity contribution in [1.29, 1.82) is 0 Å². The van der Waals surface area contributed by atoms with E-state index in [4.69, 9.17) is 0 Å². The summed E-state index contributed by atoms with van der Waals surface area (Å²) in [6, 6.07) is 10.6. The number of ether oxygens (including phenoxy) is 1. The van der Waals surface area contributed by atoms with E-state index < -0.39 is 12.8 Å². The van der Waals surface area contributed by atoms with Crippen LogP contribution in [0.1, 0.15) is 17.8 Å². The third-order valence-electron chi connectivity index (χ3n) is 2.66. The van der Waals surface area contributed by atoms with Gasteiger partial charge in [0.25, 0.3) is 0 Å². The van der Waals surface area contributed by atoms with Crippen LogP contribution in [0, 0.1) is 0 Å². The Balaban J connectivity index is 1.93. The molecule has 0 fully saturated rings. The molecule has 2 rings (SSSR count). The van der Waals surface area contributed by atoms with Crippen molar-refractivity contribution in [2.75, 3.05) is 11.9 Å². The lowest BCUT2D eigenvalue weighted by Gasteiger charge is -2.14. The van der Waals surface area contributed by atoms with E-state index in [1.54, 1.807) is 23.5 Å². The summed E-state index contributed by atoms with van der Waals surface area (Å²) in [5.41, 5.74) is 0.825. The Morgan fingerprint density at radius 3 is 2.38 bits per heavy atom. The van der Waals surface area contributed by atoms with E-state index in [-0.39, 0.29) is 11.8 Å². The average Bonchev–Trinajstić information content (AvgIpc) is 2.84. The van der Waals surface area contributed by atoms with Gasteiger partial charge in [0.15, 0.2) is 6.61 Å². The molecule has 2 nitrogen and oxygen atoms in total. The predicted molar refractivity (Wildman–Crippen MR) is 82.0 cm³/mol.